The summed E-state index contributed by atoms with van der Waals surface area (Å²) in [5.74, 6) is 1.57. The van der Waals surface area contributed by atoms with Crippen LogP contribution in [-0.4, -0.2) is 38.2 Å². The minimum absolute atomic E-state index is 0.135. The molecule has 0 aromatic heterocycles. The summed E-state index contributed by atoms with van der Waals surface area (Å²) in [6.45, 7) is 2.43. The lowest BCUT2D eigenvalue weighted by Crippen LogP contribution is -2.46. The number of hydrogen-bond acceptors (Lipinski definition) is 5. The summed E-state index contributed by atoms with van der Waals surface area (Å²) in [7, 11) is 1.57. The van der Waals surface area contributed by atoms with Gasteiger partial charge < -0.3 is 24.4 Å². The number of ether oxygens (including phenoxy) is 3. The second-order valence-corrected chi connectivity index (χ2v) is 7.28. The molecule has 1 heterocycles. The Bertz CT molecular complexity index is 1100. The number of nitrogens with one attached hydrogen (secondary N) is 1. The minimum atomic E-state index is -0.633. The van der Waals surface area contributed by atoms with Gasteiger partial charge in [-0.25, -0.2) is 0 Å². The van der Waals surface area contributed by atoms with Crippen molar-refractivity contribution in [2.75, 3.05) is 30.5 Å². The molecule has 0 radical (unpaired) electrons. The molecule has 4 rings (SSSR count). The number of nitrogens with zero attached hydrogens (tertiary/aromatic N) is 1. The van der Waals surface area contributed by atoms with Crippen LogP contribution < -0.4 is 24.4 Å². The summed E-state index contributed by atoms with van der Waals surface area (Å²) >= 11 is 0. The Kier molecular flexibility index (Phi) is 6.26. The van der Waals surface area contributed by atoms with E-state index in [0.29, 0.717) is 41.6 Å². The molecule has 0 spiro atoms. The van der Waals surface area contributed by atoms with E-state index in [-0.39, 0.29) is 11.8 Å². The van der Waals surface area contributed by atoms with E-state index in [1.807, 2.05) is 30.3 Å². The molecular weight excluding hydrogens is 408 g/mol. The van der Waals surface area contributed by atoms with Gasteiger partial charge in [0.2, 0.25) is 0 Å². The fraction of sp³-hybridized carbons (Fsp3) is 0.200. The molecule has 0 aliphatic carbocycles. The molecule has 7 nitrogen and oxygen atoms in total. The number of carbonyl (C=O) groups excluding carboxylic acids is 2. The van der Waals surface area contributed by atoms with Gasteiger partial charge in [-0.1, -0.05) is 18.2 Å². The number of methoxy groups -OCH3 is 1. The molecular formula is C25H24N2O5. The van der Waals surface area contributed by atoms with Crippen molar-refractivity contribution in [1.82, 2.24) is 0 Å². The van der Waals surface area contributed by atoms with E-state index in [9.17, 15) is 9.59 Å². The normalized spacial score (nSPS) is 14.9. The predicted octanol–water partition coefficient (Wildman–Crippen LogP) is 4.14. The molecule has 3 aromatic carbocycles. The summed E-state index contributed by atoms with van der Waals surface area (Å²) in [5, 5.41) is 2.86. The molecule has 1 aliphatic heterocycles. The Morgan fingerprint density at radius 1 is 1.03 bits per heavy atom. The van der Waals surface area contributed by atoms with Crippen LogP contribution in [0.2, 0.25) is 0 Å². The molecule has 1 aliphatic rings. The van der Waals surface area contributed by atoms with Crippen molar-refractivity contribution in [1.29, 1.82) is 0 Å². The van der Waals surface area contributed by atoms with E-state index in [1.54, 1.807) is 61.4 Å². The molecule has 7 heteroatoms. The largest absolute Gasteiger partial charge is 0.497 e. The lowest BCUT2D eigenvalue weighted by atomic mass is 10.1. The van der Waals surface area contributed by atoms with Crippen LogP contribution in [0.3, 0.4) is 0 Å². The van der Waals surface area contributed by atoms with E-state index in [2.05, 4.69) is 5.32 Å². The van der Waals surface area contributed by atoms with Gasteiger partial charge in [0.15, 0.2) is 6.10 Å². The van der Waals surface area contributed by atoms with Crippen molar-refractivity contribution in [3.8, 4) is 17.2 Å². The molecule has 3 aromatic rings. The Balaban J connectivity index is 1.46. The Hall–Kier alpha value is -4.00. The maximum absolute atomic E-state index is 12.7. The number of rotatable bonds is 7. The molecule has 0 bridgehead atoms. The number of benzene rings is 3. The third-order valence-corrected chi connectivity index (χ3v) is 5.11. The summed E-state index contributed by atoms with van der Waals surface area (Å²) in [4.78, 5) is 26.9. The smallest absolute Gasteiger partial charge is 0.267 e. The molecule has 1 N–H and O–H groups in total. The van der Waals surface area contributed by atoms with Crippen molar-refractivity contribution in [2.24, 2.45) is 0 Å². The van der Waals surface area contributed by atoms with Gasteiger partial charge in [-0.3, -0.25) is 9.59 Å². The summed E-state index contributed by atoms with van der Waals surface area (Å²) in [6, 6.07) is 21.5. The number of hydrogen-bond donors (Lipinski definition) is 1. The van der Waals surface area contributed by atoms with Crippen molar-refractivity contribution in [2.45, 2.75) is 13.0 Å². The number of anilines is 2. The third-order valence-electron chi connectivity index (χ3n) is 5.11. The van der Waals surface area contributed by atoms with Crippen LogP contribution >= 0.6 is 0 Å². The van der Waals surface area contributed by atoms with Crippen molar-refractivity contribution in [3.63, 3.8) is 0 Å². The van der Waals surface area contributed by atoms with Gasteiger partial charge >= 0.3 is 0 Å². The zero-order chi connectivity index (χ0) is 22.5. The Morgan fingerprint density at radius 2 is 1.78 bits per heavy atom. The van der Waals surface area contributed by atoms with Gasteiger partial charge in [0.05, 0.1) is 19.3 Å². The van der Waals surface area contributed by atoms with E-state index < -0.39 is 6.10 Å². The van der Waals surface area contributed by atoms with E-state index in [0.717, 1.165) is 5.75 Å². The zero-order valence-corrected chi connectivity index (χ0v) is 17.9. The predicted molar refractivity (Wildman–Crippen MR) is 122 cm³/mol. The lowest BCUT2D eigenvalue weighted by molar-refractivity contribution is -0.125. The number of fused-ring (bicyclic) bond motifs is 1. The summed E-state index contributed by atoms with van der Waals surface area (Å²) in [6.07, 6.45) is -0.633. The highest BCUT2D eigenvalue weighted by molar-refractivity contribution is 6.05. The van der Waals surface area contributed by atoms with Gasteiger partial charge in [-0.2, -0.15) is 0 Å². The first-order valence-electron chi connectivity index (χ1n) is 10.3. The first-order chi connectivity index (χ1) is 15.5. The third kappa shape index (κ3) is 4.67. The average Bonchev–Trinajstić information content (AvgIpc) is 2.82. The standard InChI is InChI=1S/C25H24N2O5/c1-17-25(29)27(14-15-31-21-6-4-3-5-7-21)22-13-10-19(16-23(22)32-17)26-24(28)18-8-11-20(30-2)12-9-18/h3-13,16-17H,14-15H2,1-2H3,(H,26,28). The van der Waals surface area contributed by atoms with Crippen molar-refractivity contribution in [3.05, 3.63) is 78.4 Å². The molecule has 0 fully saturated rings. The topological polar surface area (TPSA) is 77.1 Å². The minimum Gasteiger partial charge on any atom is -0.497 e. The van der Waals surface area contributed by atoms with Crippen LogP contribution in [0.25, 0.3) is 0 Å². The fourth-order valence-corrected chi connectivity index (χ4v) is 3.44. The van der Waals surface area contributed by atoms with Crippen molar-refractivity contribution < 1.29 is 23.8 Å². The van der Waals surface area contributed by atoms with E-state index in [4.69, 9.17) is 14.2 Å². The van der Waals surface area contributed by atoms with Crippen LogP contribution in [0, 0.1) is 0 Å². The van der Waals surface area contributed by atoms with Crippen LogP contribution in [0.4, 0.5) is 11.4 Å². The molecule has 2 amide bonds. The molecule has 1 atom stereocenters. The fourth-order valence-electron chi connectivity index (χ4n) is 3.44. The highest BCUT2D eigenvalue weighted by atomic mass is 16.5. The highest BCUT2D eigenvalue weighted by Gasteiger charge is 2.31. The van der Waals surface area contributed by atoms with Crippen molar-refractivity contribution >= 4 is 23.2 Å². The lowest BCUT2D eigenvalue weighted by Gasteiger charge is -2.33. The van der Waals surface area contributed by atoms with Crippen LogP contribution in [0.15, 0.2) is 72.8 Å². The molecule has 0 saturated heterocycles. The van der Waals surface area contributed by atoms with Gasteiger partial charge in [0.25, 0.3) is 11.8 Å². The number of amides is 2. The molecule has 0 saturated carbocycles. The van der Waals surface area contributed by atoms with E-state index >= 15 is 0 Å². The van der Waals surface area contributed by atoms with Crippen LogP contribution in [-0.2, 0) is 4.79 Å². The average molecular weight is 432 g/mol. The second-order valence-electron chi connectivity index (χ2n) is 7.28. The SMILES string of the molecule is COc1ccc(C(=O)Nc2ccc3c(c2)OC(C)C(=O)N3CCOc2ccccc2)cc1. The molecule has 1 unspecified atom stereocenters. The Morgan fingerprint density at radius 3 is 2.50 bits per heavy atom. The summed E-state index contributed by atoms with van der Waals surface area (Å²) < 4.78 is 16.7. The Labute approximate surface area is 186 Å². The first-order valence-corrected chi connectivity index (χ1v) is 10.3. The monoisotopic (exact) mass is 432 g/mol. The van der Waals surface area contributed by atoms with Crippen LogP contribution in [0.1, 0.15) is 17.3 Å². The zero-order valence-electron chi connectivity index (χ0n) is 17.9. The highest BCUT2D eigenvalue weighted by Crippen LogP contribution is 2.36. The van der Waals surface area contributed by atoms with Gasteiger partial charge in [0, 0.05) is 17.3 Å². The van der Waals surface area contributed by atoms with E-state index in [1.165, 1.54) is 0 Å². The maximum atomic E-state index is 12.7. The maximum Gasteiger partial charge on any atom is 0.267 e. The van der Waals surface area contributed by atoms with Gasteiger partial charge in [-0.15, -0.1) is 0 Å². The van der Waals surface area contributed by atoms with Gasteiger partial charge in [-0.05, 0) is 55.5 Å². The quantitative estimate of drug-likeness (QED) is 0.607. The second kappa shape index (κ2) is 9.43. The van der Waals surface area contributed by atoms with Crippen LogP contribution in [0.5, 0.6) is 17.2 Å². The summed E-state index contributed by atoms with van der Waals surface area (Å²) in [5.41, 5.74) is 1.73. The first kappa shape index (κ1) is 21.2. The van der Waals surface area contributed by atoms with Gasteiger partial charge in [0.1, 0.15) is 23.9 Å². The number of carbonyl (C=O) groups is 2. The number of para-hydroxylation sites is 1. The molecule has 32 heavy (non-hydrogen) atoms. The molecule has 164 valence electrons.